The van der Waals surface area contributed by atoms with E-state index in [1.165, 1.54) is 31.3 Å². The standard InChI is InChI=1S/C25H33Cl2N3O6S/c1-7-21(25(32)28-16(2)3)29(14-17-8-10-19(26)20(27)12-17)24(31)15-30(37(6,33)34)22-11-9-18(35-4)13-23(22)36-5/h8-13,16,21H,7,14-15H2,1-6H3,(H,28,32)/t21-/m0/s1. The topological polar surface area (TPSA) is 105 Å². The number of nitrogens with one attached hydrogen (secondary N) is 1. The van der Waals surface area contributed by atoms with Crippen LogP contribution in [0.15, 0.2) is 36.4 Å². The van der Waals surface area contributed by atoms with Crippen LogP contribution in [0.3, 0.4) is 0 Å². The molecule has 12 heteroatoms. The Morgan fingerprint density at radius 2 is 1.70 bits per heavy atom. The van der Waals surface area contributed by atoms with Crippen LogP contribution in [0.1, 0.15) is 32.8 Å². The first-order valence-corrected chi connectivity index (χ1v) is 14.2. The molecular weight excluding hydrogens is 541 g/mol. The molecule has 0 aliphatic carbocycles. The molecule has 1 atom stereocenters. The van der Waals surface area contributed by atoms with E-state index in [1.807, 2.05) is 13.8 Å². The van der Waals surface area contributed by atoms with Crippen LogP contribution in [-0.4, -0.2) is 64.2 Å². The Bertz CT molecular complexity index is 1220. The zero-order chi connectivity index (χ0) is 27.9. The molecule has 37 heavy (non-hydrogen) atoms. The molecule has 0 aliphatic heterocycles. The Morgan fingerprint density at radius 1 is 1.03 bits per heavy atom. The third kappa shape index (κ3) is 8.15. The number of ether oxygens (including phenoxy) is 2. The monoisotopic (exact) mass is 573 g/mol. The van der Waals surface area contributed by atoms with Crippen molar-refractivity contribution in [3.63, 3.8) is 0 Å². The van der Waals surface area contributed by atoms with Crippen molar-refractivity contribution in [2.45, 2.75) is 45.8 Å². The molecule has 0 radical (unpaired) electrons. The average Bonchev–Trinajstić information content (AvgIpc) is 2.82. The molecule has 0 aliphatic rings. The molecule has 1 N–H and O–H groups in total. The van der Waals surface area contributed by atoms with Crippen LogP contribution in [0.2, 0.25) is 10.0 Å². The van der Waals surface area contributed by atoms with Crippen LogP contribution in [0.5, 0.6) is 11.5 Å². The number of carbonyl (C=O) groups is 2. The minimum atomic E-state index is -3.93. The van der Waals surface area contributed by atoms with Crippen LogP contribution in [0.4, 0.5) is 5.69 Å². The van der Waals surface area contributed by atoms with Crippen LogP contribution in [0, 0.1) is 0 Å². The molecule has 0 bridgehead atoms. The van der Waals surface area contributed by atoms with Crippen molar-refractivity contribution < 1.29 is 27.5 Å². The van der Waals surface area contributed by atoms with Crippen LogP contribution in [-0.2, 0) is 26.2 Å². The first-order chi connectivity index (χ1) is 17.3. The van der Waals surface area contributed by atoms with Gasteiger partial charge in [0.05, 0.1) is 36.2 Å². The lowest BCUT2D eigenvalue weighted by Gasteiger charge is -2.33. The zero-order valence-electron chi connectivity index (χ0n) is 21.7. The number of carbonyl (C=O) groups excluding carboxylic acids is 2. The molecule has 0 unspecified atom stereocenters. The lowest BCUT2D eigenvalue weighted by Crippen LogP contribution is -2.53. The number of benzene rings is 2. The Morgan fingerprint density at radius 3 is 2.22 bits per heavy atom. The number of amides is 2. The second-order valence-electron chi connectivity index (χ2n) is 8.66. The summed E-state index contributed by atoms with van der Waals surface area (Å²) < 4.78 is 37.2. The number of rotatable bonds is 12. The van der Waals surface area contributed by atoms with Crippen molar-refractivity contribution in [1.82, 2.24) is 10.2 Å². The number of methoxy groups -OCH3 is 2. The maximum atomic E-state index is 13.8. The van der Waals surface area contributed by atoms with Crippen molar-refractivity contribution >= 4 is 50.7 Å². The van der Waals surface area contributed by atoms with Gasteiger partial charge < -0.3 is 19.7 Å². The number of hydrogen-bond donors (Lipinski definition) is 1. The van der Waals surface area contributed by atoms with Gasteiger partial charge in [-0.3, -0.25) is 13.9 Å². The molecule has 2 amide bonds. The van der Waals surface area contributed by atoms with Crippen LogP contribution in [0.25, 0.3) is 0 Å². The van der Waals surface area contributed by atoms with E-state index in [1.54, 1.807) is 31.2 Å². The van der Waals surface area contributed by atoms with E-state index in [0.717, 1.165) is 10.6 Å². The molecule has 0 saturated carbocycles. The van der Waals surface area contributed by atoms with E-state index in [4.69, 9.17) is 32.7 Å². The molecule has 0 aromatic heterocycles. The van der Waals surface area contributed by atoms with E-state index in [-0.39, 0.29) is 29.9 Å². The molecule has 0 spiro atoms. The fourth-order valence-corrected chi connectivity index (χ4v) is 4.89. The minimum Gasteiger partial charge on any atom is -0.497 e. The summed E-state index contributed by atoms with van der Waals surface area (Å²) in [6, 6.07) is 8.48. The maximum Gasteiger partial charge on any atom is 0.244 e. The Kier molecular flexibility index (Phi) is 10.9. The molecule has 2 aromatic rings. The number of halogens is 2. The van der Waals surface area contributed by atoms with Crippen molar-refractivity contribution in [2.24, 2.45) is 0 Å². The average molecular weight is 575 g/mol. The van der Waals surface area contributed by atoms with Gasteiger partial charge in [-0.05, 0) is 50.1 Å². The fraction of sp³-hybridized carbons (Fsp3) is 0.440. The van der Waals surface area contributed by atoms with Crippen molar-refractivity contribution in [2.75, 3.05) is 31.3 Å². The summed E-state index contributed by atoms with van der Waals surface area (Å²) in [5.74, 6) is -0.268. The van der Waals surface area contributed by atoms with E-state index in [2.05, 4.69) is 5.32 Å². The summed E-state index contributed by atoms with van der Waals surface area (Å²) in [5.41, 5.74) is 0.791. The van der Waals surface area contributed by atoms with Crippen LogP contribution < -0.4 is 19.1 Å². The van der Waals surface area contributed by atoms with Gasteiger partial charge in [-0.2, -0.15) is 0 Å². The summed E-state index contributed by atoms with van der Waals surface area (Å²) in [6.45, 7) is 4.86. The summed E-state index contributed by atoms with van der Waals surface area (Å²) in [5, 5.41) is 3.48. The Hall–Kier alpha value is -2.69. The lowest BCUT2D eigenvalue weighted by atomic mass is 10.1. The first-order valence-electron chi connectivity index (χ1n) is 11.6. The summed E-state index contributed by atoms with van der Waals surface area (Å²) in [6.07, 6.45) is 1.30. The van der Waals surface area contributed by atoms with Gasteiger partial charge in [0.15, 0.2) is 0 Å². The quantitative estimate of drug-likeness (QED) is 0.409. The second-order valence-corrected chi connectivity index (χ2v) is 11.4. The van der Waals surface area contributed by atoms with Gasteiger partial charge >= 0.3 is 0 Å². The first kappa shape index (κ1) is 30.5. The molecule has 9 nitrogen and oxygen atoms in total. The Balaban J connectivity index is 2.53. The van der Waals surface area contributed by atoms with Gasteiger partial charge in [0, 0.05) is 18.7 Å². The SMILES string of the molecule is CC[C@@H](C(=O)NC(C)C)N(Cc1ccc(Cl)c(Cl)c1)C(=O)CN(c1ccc(OC)cc1OC)S(C)(=O)=O. The maximum absolute atomic E-state index is 13.8. The molecule has 2 rings (SSSR count). The summed E-state index contributed by atoms with van der Waals surface area (Å²) in [4.78, 5) is 28.2. The molecule has 0 fully saturated rings. The molecule has 2 aromatic carbocycles. The highest BCUT2D eigenvalue weighted by molar-refractivity contribution is 7.92. The van der Waals surface area contributed by atoms with E-state index in [0.29, 0.717) is 27.8 Å². The highest BCUT2D eigenvalue weighted by atomic mass is 35.5. The van der Waals surface area contributed by atoms with Crippen molar-refractivity contribution in [3.8, 4) is 11.5 Å². The van der Waals surface area contributed by atoms with Gasteiger partial charge in [-0.25, -0.2) is 8.42 Å². The van der Waals surface area contributed by atoms with Gasteiger partial charge in [0.25, 0.3) is 0 Å². The number of sulfonamides is 1. The minimum absolute atomic E-state index is 0.0110. The van der Waals surface area contributed by atoms with E-state index < -0.39 is 28.5 Å². The number of anilines is 1. The number of nitrogens with zero attached hydrogens (tertiary/aromatic N) is 2. The smallest absolute Gasteiger partial charge is 0.244 e. The van der Waals surface area contributed by atoms with Crippen LogP contribution >= 0.6 is 23.2 Å². The predicted octanol–water partition coefficient (Wildman–Crippen LogP) is 4.11. The van der Waals surface area contributed by atoms with Gasteiger partial charge in [0.2, 0.25) is 21.8 Å². The fourth-order valence-electron chi connectivity index (χ4n) is 3.72. The molecule has 0 heterocycles. The highest BCUT2D eigenvalue weighted by Crippen LogP contribution is 2.34. The Labute approximate surface area is 228 Å². The normalized spacial score (nSPS) is 12.1. The van der Waals surface area contributed by atoms with E-state index in [9.17, 15) is 18.0 Å². The van der Waals surface area contributed by atoms with Gasteiger partial charge in [-0.15, -0.1) is 0 Å². The summed E-state index contributed by atoms with van der Waals surface area (Å²) in [7, 11) is -1.07. The third-order valence-corrected chi connectivity index (χ3v) is 7.35. The molecular formula is C25H33Cl2N3O6S. The van der Waals surface area contributed by atoms with Crippen molar-refractivity contribution in [1.29, 1.82) is 0 Å². The van der Waals surface area contributed by atoms with Gasteiger partial charge in [-0.1, -0.05) is 36.2 Å². The van der Waals surface area contributed by atoms with Gasteiger partial charge in [0.1, 0.15) is 24.1 Å². The lowest BCUT2D eigenvalue weighted by molar-refractivity contribution is -0.140. The largest absolute Gasteiger partial charge is 0.497 e. The van der Waals surface area contributed by atoms with Crippen molar-refractivity contribution in [3.05, 3.63) is 52.0 Å². The highest BCUT2D eigenvalue weighted by Gasteiger charge is 2.33. The zero-order valence-corrected chi connectivity index (χ0v) is 24.1. The predicted molar refractivity (Wildman–Crippen MR) is 146 cm³/mol. The summed E-state index contributed by atoms with van der Waals surface area (Å²) >= 11 is 12.2. The molecule has 204 valence electrons. The second kappa shape index (κ2) is 13.2. The third-order valence-electron chi connectivity index (χ3n) is 5.49. The molecule has 0 saturated heterocycles. The van der Waals surface area contributed by atoms with E-state index >= 15 is 0 Å². The number of hydrogen-bond acceptors (Lipinski definition) is 6.